The average molecular weight is 239 g/mol. The molecule has 0 atom stereocenters. The van der Waals surface area contributed by atoms with Gasteiger partial charge in [0, 0.05) is 21.8 Å². The summed E-state index contributed by atoms with van der Waals surface area (Å²) in [6.45, 7) is 7.89. The Morgan fingerprint density at radius 2 is 2.06 bits per heavy atom. The molecule has 16 heavy (non-hydrogen) atoms. The van der Waals surface area contributed by atoms with E-state index >= 15 is 0 Å². The van der Waals surface area contributed by atoms with Crippen molar-refractivity contribution in [2.75, 3.05) is 6.61 Å². The first-order valence-corrected chi connectivity index (χ1v) is 6.72. The van der Waals surface area contributed by atoms with E-state index in [2.05, 4.69) is 38.2 Å². The van der Waals surface area contributed by atoms with Crippen molar-refractivity contribution in [3.05, 3.63) is 21.9 Å². The largest absolute Gasteiger partial charge is 0.394 e. The quantitative estimate of drug-likeness (QED) is 0.846. The highest BCUT2D eigenvalue weighted by atomic mass is 32.1. The second-order valence-corrected chi connectivity index (χ2v) is 6.98. The lowest BCUT2D eigenvalue weighted by molar-refractivity contribution is 0.230. The summed E-state index contributed by atoms with van der Waals surface area (Å²) in [7, 11) is 0. The van der Waals surface area contributed by atoms with E-state index in [0.717, 1.165) is 19.4 Å². The van der Waals surface area contributed by atoms with Gasteiger partial charge in [-0.1, -0.05) is 20.8 Å². The fourth-order valence-corrected chi connectivity index (χ4v) is 2.70. The molecule has 90 valence electrons. The number of nitrogens with one attached hydrogen (secondary N) is 1. The maximum atomic E-state index is 9.21. The molecule has 1 aromatic heterocycles. The normalized spacial score (nSPS) is 18.8. The van der Waals surface area contributed by atoms with E-state index in [1.165, 1.54) is 9.75 Å². The molecule has 0 saturated heterocycles. The van der Waals surface area contributed by atoms with E-state index in [1.54, 1.807) is 0 Å². The molecule has 2 nitrogen and oxygen atoms in total. The van der Waals surface area contributed by atoms with Crippen LogP contribution in [0.3, 0.4) is 0 Å². The first-order valence-electron chi connectivity index (χ1n) is 5.90. The molecule has 1 aliphatic rings. The van der Waals surface area contributed by atoms with Gasteiger partial charge in [-0.15, -0.1) is 11.3 Å². The van der Waals surface area contributed by atoms with Crippen LogP contribution in [0.4, 0.5) is 0 Å². The molecule has 0 aliphatic heterocycles. The van der Waals surface area contributed by atoms with Crippen molar-refractivity contribution in [1.82, 2.24) is 5.32 Å². The second-order valence-electron chi connectivity index (χ2n) is 5.81. The zero-order chi connectivity index (χ0) is 11.8. The molecule has 1 aromatic rings. The van der Waals surface area contributed by atoms with Crippen LogP contribution in [0.25, 0.3) is 0 Å². The molecule has 0 unspecified atom stereocenters. The predicted octanol–water partition coefficient (Wildman–Crippen LogP) is 2.66. The number of thiophene rings is 1. The monoisotopic (exact) mass is 239 g/mol. The van der Waals surface area contributed by atoms with Crippen molar-refractivity contribution in [1.29, 1.82) is 0 Å². The number of aliphatic hydroxyl groups is 1. The Bertz CT molecular complexity index is 360. The van der Waals surface area contributed by atoms with Crippen LogP contribution >= 0.6 is 11.3 Å². The van der Waals surface area contributed by atoms with Crippen molar-refractivity contribution in [3.8, 4) is 0 Å². The van der Waals surface area contributed by atoms with Crippen LogP contribution in [0.2, 0.25) is 0 Å². The molecule has 0 aromatic carbocycles. The lowest BCUT2D eigenvalue weighted by atomic mass is 9.95. The molecule has 0 spiro atoms. The van der Waals surface area contributed by atoms with Crippen molar-refractivity contribution in [3.63, 3.8) is 0 Å². The van der Waals surface area contributed by atoms with Gasteiger partial charge >= 0.3 is 0 Å². The van der Waals surface area contributed by atoms with Gasteiger partial charge in [0.1, 0.15) is 0 Å². The van der Waals surface area contributed by atoms with Gasteiger partial charge in [-0.3, -0.25) is 0 Å². The number of rotatable bonds is 4. The van der Waals surface area contributed by atoms with Gasteiger partial charge in [0.15, 0.2) is 0 Å². The summed E-state index contributed by atoms with van der Waals surface area (Å²) >= 11 is 1.87. The van der Waals surface area contributed by atoms with E-state index in [4.69, 9.17) is 0 Å². The Kier molecular flexibility index (Phi) is 3.12. The smallest absolute Gasteiger partial charge is 0.0613 e. The van der Waals surface area contributed by atoms with E-state index < -0.39 is 0 Å². The third-order valence-corrected chi connectivity index (χ3v) is 4.71. The SMILES string of the molecule is CC(C)(C)c1ccc(CNC2(CO)CC2)s1. The van der Waals surface area contributed by atoms with E-state index in [-0.39, 0.29) is 17.6 Å². The van der Waals surface area contributed by atoms with Gasteiger partial charge in [-0.2, -0.15) is 0 Å². The fraction of sp³-hybridized carbons (Fsp3) is 0.692. The minimum Gasteiger partial charge on any atom is -0.394 e. The Morgan fingerprint density at radius 3 is 2.50 bits per heavy atom. The average Bonchev–Trinajstić information content (AvgIpc) is 2.83. The first kappa shape index (κ1) is 12.1. The van der Waals surface area contributed by atoms with Gasteiger partial charge < -0.3 is 10.4 Å². The van der Waals surface area contributed by atoms with Crippen LogP contribution in [-0.2, 0) is 12.0 Å². The number of aliphatic hydroxyl groups excluding tert-OH is 1. The van der Waals surface area contributed by atoms with Gasteiger partial charge in [0.25, 0.3) is 0 Å². The van der Waals surface area contributed by atoms with Crippen LogP contribution in [0, 0.1) is 0 Å². The highest BCUT2D eigenvalue weighted by Gasteiger charge is 2.41. The van der Waals surface area contributed by atoms with Gasteiger partial charge in [0.05, 0.1) is 6.61 Å². The van der Waals surface area contributed by atoms with Crippen LogP contribution in [0.5, 0.6) is 0 Å². The molecule has 1 aliphatic carbocycles. The van der Waals surface area contributed by atoms with Crippen LogP contribution in [0.15, 0.2) is 12.1 Å². The maximum Gasteiger partial charge on any atom is 0.0613 e. The Hall–Kier alpha value is -0.380. The van der Waals surface area contributed by atoms with Crippen LogP contribution in [-0.4, -0.2) is 17.3 Å². The van der Waals surface area contributed by atoms with Crippen molar-refractivity contribution in [2.45, 2.75) is 51.1 Å². The topological polar surface area (TPSA) is 32.3 Å². The van der Waals surface area contributed by atoms with E-state index in [0.29, 0.717) is 0 Å². The highest BCUT2D eigenvalue weighted by Crippen LogP contribution is 2.35. The molecule has 0 radical (unpaired) electrons. The molecule has 0 bridgehead atoms. The fourth-order valence-electron chi connectivity index (χ4n) is 1.69. The van der Waals surface area contributed by atoms with E-state index in [9.17, 15) is 5.11 Å². The second kappa shape index (κ2) is 4.13. The molecule has 0 amide bonds. The molecule has 1 heterocycles. The summed E-state index contributed by atoms with van der Waals surface area (Å²) in [5.74, 6) is 0. The third-order valence-electron chi connectivity index (χ3n) is 3.19. The van der Waals surface area contributed by atoms with Crippen LogP contribution in [0.1, 0.15) is 43.4 Å². The summed E-state index contributed by atoms with van der Waals surface area (Å²) in [5.41, 5.74) is 0.295. The van der Waals surface area contributed by atoms with Gasteiger partial charge in [-0.05, 0) is 30.4 Å². The number of hydrogen-bond acceptors (Lipinski definition) is 3. The minimum atomic E-state index is 0.0475. The Labute approximate surface area is 102 Å². The maximum absolute atomic E-state index is 9.21. The number of hydrogen-bond donors (Lipinski definition) is 2. The summed E-state index contributed by atoms with van der Waals surface area (Å²) in [6, 6.07) is 4.42. The third kappa shape index (κ3) is 2.65. The Balaban J connectivity index is 1.93. The van der Waals surface area contributed by atoms with Crippen molar-refractivity contribution >= 4 is 11.3 Å². The molecule has 2 N–H and O–H groups in total. The molecular weight excluding hydrogens is 218 g/mol. The highest BCUT2D eigenvalue weighted by molar-refractivity contribution is 7.12. The van der Waals surface area contributed by atoms with Crippen LogP contribution < -0.4 is 5.32 Å². The zero-order valence-corrected chi connectivity index (χ0v) is 11.2. The predicted molar refractivity (Wildman–Crippen MR) is 68.9 cm³/mol. The first-order chi connectivity index (χ1) is 7.45. The molecular formula is C13H21NOS. The standard InChI is InChI=1S/C13H21NOS/c1-12(2,3)11-5-4-10(16-11)8-14-13(9-15)6-7-13/h4-5,14-15H,6-9H2,1-3H3. The van der Waals surface area contributed by atoms with Gasteiger partial charge in [0.2, 0.25) is 0 Å². The van der Waals surface area contributed by atoms with E-state index in [1.807, 2.05) is 11.3 Å². The van der Waals surface area contributed by atoms with Crippen molar-refractivity contribution in [2.24, 2.45) is 0 Å². The Morgan fingerprint density at radius 1 is 1.38 bits per heavy atom. The summed E-state index contributed by atoms with van der Waals surface area (Å²) in [4.78, 5) is 2.79. The molecule has 1 saturated carbocycles. The van der Waals surface area contributed by atoms with Crippen molar-refractivity contribution < 1.29 is 5.11 Å². The van der Waals surface area contributed by atoms with Gasteiger partial charge in [-0.25, -0.2) is 0 Å². The summed E-state index contributed by atoms with van der Waals surface area (Å²) < 4.78 is 0. The molecule has 2 rings (SSSR count). The summed E-state index contributed by atoms with van der Waals surface area (Å²) in [5, 5.41) is 12.7. The zero-order valence-electron chi connectivity index (χ0n) is 10.3. The lowest BCUT2D eigenvalue weighted by Gasteiger charge is -2.16. The lowest BCUT2D eigenvalue weighted by Crippen LogP contribution is -2.33. The minimum absolute atomic E-state index is 0.0475. The summed E-state index contributed by atoms with van der Waals surface area (Å²) in [6.07, 6.45) is 2.22. The molecule has 3 heteroatoms. The molecule has 1 fully saturated rings.